The number of aromatic nitrogens is 1. The lowest BCUT2D eigenvalue weighted by Gasteiger charge is -2.32. The molecule has 2 fully saturated rings. The number of hydrogen-bond donors (Lipinski definition) is 1. The molecular formula is C17H19N3O2S. The molecule has 1 unspecified atom stereocenters. The van der Waals surface area contributed by atoms with Gasteiger partial charge in [0.1, 0.15) is 6.04 Å². The van der Waals surface area contributed by atoms with Crippen LogP contribution in [-0.4, -0.2) is 40.8 Å². The number of para-hydroxylation sites is 1. The number of benzene rings is 1. The van der Waals surface area contributed by atoms with Crippen molar-refractivity contribution in [2.75, 3.05) is 13.1 Å². The highest BCUT2D eigenvalue weighted by Crippen LogP contribution is 2.34. The van der Waals surface area contributed by atoms with Crippen LogP contribution in [0.15, 0.2) is 24.3 Å². The third kappa shape index (κ3) is 2.83. The van der Waals surface area contributed by atoms with Crippen LogP contribution >= 0.6 is 11.3 Å². The molecule has 0 aliphatic carbocycles. The molecule has 1 aromatic heterocycles. The van der Waals surface area contributed by atoms with Crippen molar-refractivity contribution in [2.24, 2.45) is 0 Å². The second-order valence-corrected chi connectivity index (χ2v) is 7.34. The van der Waals surface area contributed by atoms with E-state index in [-0.39, 0.29) is 17.9 Å². The van der Waals surface area contributed by atoms with Gasteiger partial charge in [-0.1, -0.05) is 12.1 Å². The van der Waals surface area contributed by atoms with E-state index in [4.69, 9.17) is 4.98 Å². The summed E-state index contributed by atoms with van der Waals surface area (Å²) >= 11 is 1.77. The summed E-state index contributed by atoms with van der Waals surface area (Å²) in [5.74, 6) is 0.515. The van der Waals surface area contributed by atoms with Gasteiger partial charge in [0.25, 0.3) is 0 Å². The van der Waals surface area contributed by atoms with Gasteiger partial charge in [0.15, 0.2) is 0 Å². The average Bonchev–Trinajstić information content (AvgIpc) is 3.20. The molecule has 2 aliphatic rings. The quantitative estimate of drug-likeness (QED) is 0.919. The zero-order valence-corrected chi connectivity index (χ0v) is 13.6. The second kappa shape index (κ2) is 5.92. The first-order valence-corrected chi connectivity index (χ1v) is 8.96. The van der Waals surface area contributed by atoms with Crippen LogP contribution < -0.4 is 5.32 Å². The summed E-state index contributed by atoms with van der Waals surface area (Å²) in [5, 5.41) is 3.96. The molecule has 0 saturated carbocycles. The van der Waals surface area contributed by atoms with E-state index in [1.54, 1.807) is 11.3 Å². The molecule has 3 heterocycles. The van der Waals surface area contributed by atoms with Crippen LogP contribution in [0.3, 0.4) is 0 Å². The number of amides is 2. The largest absolute Gasteiger partial charge is 0.344 e. The van der Waals surface area contributed by atoms with E-state index >= 15 is 0 Å². The number of hydrogen-bond acceptors (Lipinski definition) is 4. The van der Waals surface area contributed by atoms with Gasteiger partial charge in [0.05, 0.1) is 15.2 Å². The highest BCUT2D eigenvalue weighted by atomic mass is 32.1. The van der Waals surface area contributed by atoms with Gasteiger partial charge >= 0.3 is 0 Å². The number of carbonyl (C=O) groups is 2. The zero-order valence-electron chi connectivity index (χ0n) is 12.8. The molecule has 0 bridgehead atoms. The normalized spacial score (nSPS) is 22.5. The molecule has 120 valence electrons. The molecular weight excluding hydrogens is 310 g/mol. The molecule has 4 rings (SSSR count). The minimum atomic E-state index is -0.304. The number of nitrogens with one attached hydrogen (secondary N) is 1. The number of nitrogens with zero attached hydrogens (tertiary/aromatic N) is 2. The maximum Gasteiger partial charge on any atom is 0.245 e. The molecule has 1 aromatic carbocycles. The molecule has 23 heavy (non-hydrogen) atoms. The van der Waals surface area contributed by atoms with Crippen LogP contribution in [0.1, 0.15) is 36.6 Å². The van der Waals surface area contributed by atoms with Crippen molar-refractivity contribution in [3.8, 4) is 0 Å². The van der Waals surface area contributed by atoms with Crippen LogP contribution in [0.25, 0.3) is 10.2 Å². The Morgan fingerprint density at radius 2 is 2.00 bits per heavy atom. The Morgan fingerprint density at radius 1 is 1.22 bits per heavy atom. The Hall–Kier alpha value is -1.95. The molecule has 0 radical (unpaired) electrons. The van der Waals surface area contributed by atoms with Crippen LogP contribution in [0.5, 0.6) is 0 Å². The Morgan fingerprint density at radius 3 is 2.70 bits per heavy atom. The molecule has 1 N–H and O–H groups in total. The Bertz CT molecular complexity index is 716. The van der Waals surface area contributed by atoms with Crippen molar-refractivity contribution >= 4 is 33.4 Å². The number of thiazole rings is 1. The third-order valence-corrected chi connectivity index (χ3v) is 5.96. The Kier molecular flexibility index (Phi) is 3.77. The van der Waals surface area contributed by atoms with Gasteiger partial charge in [-0.25, -0.2) is 4.98 Å². The van der Waals surface area contributed by atoms with Crippen LogP contribution in [0.4, 0.5) is 0 Å². The number of piperidine rings is 1. The first-order chi connectivity index (χ1) is 11.2. The van der Waals surface area contributed by atoms with Crippen LogP contribution in [-0.2, 0) is 9.59 Å². The zero-order chi connectivity index (χ0) is 15.8. The van der Waals surface area contributed by atoms with E-state index in [2.05, 4.69) is 17.4 Å². The summed E-state index contributed by atoms with van der Waals surface area (Å²) in [4.78, 5) is 30.4. The van der Waals surface area contributed by atoms with Crippen LogP contribution in [0.2, 0.25) is 0 Å². The average molecular weight is 329 g/mol. The van der Waals surface area contributed by atoms with E-state index in [0.717, 1.165) is 31.4 Å². The molecule has 6 heteroatoms. The molecule has 2 saturated heterocycles. The molecule has 0 spiro atoms. The fourth-order valence-corrected chi connectivity index (χ4v) is 4.57. The predicted octanol–water partition coefficient (Wildman–Crippen LogP) is 2.28. The van der Waals surface area contributed by atoms with Crippen molar-refractivity contribution in [1.29, 1.82) is 0 Å². The maximum atomic E-state index is 12.4. The van der Waals surface area contributed by atoms with Crippen molar-refractivity contribution in [2.45, 2.75) is 37.6 Å². The summed E-state index contributed by atoms with van der Waals surface area (Å²) in [6.07, 6.45) is 3.01. The summed E-state index contributed by atoms with van der Waals surface area (Å²) in [7, 11) is 0. The van der Waals surface area contributed by atoms with E-state index in [1.807, 2.05) is 17.0 Å². The van der Waals surface area contributed by atoms with Gasteiger partial charge in [-0.2, -0.15) is 0 Å². The van der Waals surface area contributed by atoms with Crippen molar-refractivity contribution in [3.05, 3.63) is 29.3 Å². The second-order valence-electron chi connectivity index (χ2n) is 6.28. The van der Waals surface area contributed by atoms with Crippen molar-refractivity contribution < 1.29 is 9.59 Å². The molecule has 5 nitrogen and oxygen atoms in total. The molecule has 2 amide bonds. The SMILES string of the molecule is O=C1CCC(C(=O)N2CCC(c3nc4ccccc4s3)CC2)N1. The highest BCUT2D eigenvalue weighted by molar-refractivity contribution is 7.18. The summed E-state index contributed by atoms with van der Waals surface area (Å²) in [6.45, 7) is 1.51. The minimum absolute atomic E-state index is 0.00675. The van der Waals surface area contributed by atoms with E-state index < -0.39 is 0 Å². The summed E-state index contributed by atoms with van der Waals surface area (Å²) < 4.78 is 1.23. The van der Waals surface area contributed by atoms with Gasteiger partial charge in [-0.15, -0.1) is 11.3 Å². The number of likely N-dealkylation sites (tertiary alicyclic amines) is 1. The van der Waals surface area contributed by atoms with Crippen molar-refractivity contribution in [1.82, 2.24) is 15.2 Å². The van der Waals surface area contributed by atoms with E-state index in [1.165, 1.54) is 9.71 Å². The van der Waals surface area contributed by atoms with Gasteiger partial charge in [-0.3, -0.25) is 9.59 Å². The van der Waals surface area contributed by atoms with Gasteiger partial charge < -0.3 is 10.2 Å². The number of carbonyl (C=O) groups excluding carboxylic acids is 2. The van der Waals surface area contributed by atoms with Crippen molar-refractivity contribution in [3.63, 3.8) is 0 Å². The Balaban J connectivity index is 1.40. The lowest BCUT2D eigenvalue weighted by molar-refractivity contribution is -0.135. The smallest absolute Gasteiger partial charge is 0.245 e. The predicted molar refractivity (Wildman–Crippen MR) is 89.3 cm³/mol. The molecule has 2 aromatic rings. The Labute approximate surface area is 138 Å². The van der Waals surface area contributed by atoms with E-state index in [9.17, 15) is 9.59 Å². The number of fused-ring (bicyclic) bond motifs is 1. The fourth-order valence-electron chi connectivity index (χ4n) is 3.43. The highest BCUT2D eigenvalue weighted by Gasteiger charge is 2.33. The summed E-state index contributed by atoms with van der Waals surface area (Å²) in [5.41, 5.74) is 1.07. The fraction of sp³-hybridized carbons (Fsp3) is 0.471. The summed E-state index contributed by atoms with van der Waals surface area (Å²) in [6, 6.07) is 7.92. The first-order valence-electron chi connectivity index (χ1n) is 8.14. The molecule has 1 atom stereocenters. The van der Waals surface area contributed by atoms with Gasteiger partial charge in [0, 0.05) is 25.4 Å². The first kappa shape index (κ1) is 14.6. The van der Waals surface area contributed by atoms with E-state index in [0.29, 0.717) is 18.8 Å². The standard InChI is InChI=1S/C17H19N3O2S/c21-15-6-5-13(18-15)17(22)20-9-7-11(8-10-20)16-19-12-3-1-2-4-14(12)23-16/h1-4,11,13H,5-10H2,(H,18,21). The van der Waals surface area contributed by atoms with Gasteiger partial charge in [-0.05, 0) is 31.4 Å². The monoisotopic (exact) mass is 329 g/mol. The third-order valence-electron chi connectivity index (χ3n) is 4.76. The lowest BCUT2D eigenvalue weighted by atomic mass is 9.97. The maximum absolute atomic E-state index is 12.4. The van der Waals surface area contributed by atoms with Gasteiger partial charge in [0.2, 0.25) is 11.8 Å². The van der Waals surface area contributed by atoms with Crippen LogP contribution in [0, 0.1) is 0 Å². The topological polar surface area (TPSA) is 62.3 Å². The number of rotatable bonds is 2. The minimum Gasteiger partial charge on any atom is -0.344 e. The molecule has 2 aliphatic heterocycles. The lowest BCUT2D eigenvalue weighted by Crippen LogP contribution is -2.47.